The Balaban J connectivity index is 1.73. The van der Waals surface area contributed by atoms with Crippen LogP contribution in [0.4, 0.5) is 5.69 Å². The highest BCUT2D eigenvalue weighted by Crippen LogP contribution is 2.41. The third kappa shape index (κ3) is 2.70. The molecule has 0 radical (unpaired) electrons. The Hall–Kier alpha value is -1.05. The smallest absolute Gasteiger partial charge is 0.101 e. The van der Waals surface area contributed by atoms with Crippen molar-refractivity contribution in [1.82, 2.24) is 5.32 Å². The predicted molar refractivity (Wildman–Crippen MR) is 84.8 cm³/mol. The minimum absolute atomic E-state index is 0.559. The molecule has 0 atom stereocenters. The van der Waals surface area contributed by atoms with Crippen LogP contribution in [0.25, 0.3) is 0 Å². The van der Waals surface area contributed by atoms with E-state index in [4.69, 9.17) is 0 Å². The average Bonchev–Trinajstić information content (AvgIpc) is 2.49. The van der Waals surface area contributed by atoms with Crippen LogP contribution in [0, 0.1) is 16.7 Å². The zero-order chi connectivity index (χ0) is 14.0. The SMILES string of the molecule is N#Cc1cc(Br)ccc1N1CCC2(CCNCC2)CC1. The van der Waals surface area contributed by atoms with Crippen molar-refractivity contribution >= 4 is 21.6 Å². The van der Waals surface area contributed by atoms with Gasteiger partial charge in [0, 0.05) is 17.6 Å². The van der Waals surface area contributed by atoms with E-state index in [1.807, 2.05) is 12.1 Å². The van der Waals surface area contributed by atoms with E-state index in [2.05, 4.69) is 38.3 Å². The maximum atomic E-state index is 9.31. The number of anilines is 1. The first kappa shape index (κ1) is 13.9. The number of halogens is 1. The average molecular weight is 334 g/mol. The minimum atomic E-state index is 0.559. The fourth-order valence-electron chi connectivity index (χ4n) is 3.55. The topological polar surface area (TPSA) is 39.1 Å². The number of benzene rings is 1. The van der Waals surface area contributed by atoms with Crippen LogP contribution in [-0.4, -0.2) is 26.2 Å². The fourth-order valence-corrected chi connectivity index (χ4v) is 3.91. The summed E-state index contributed by atoms with van der Waals surface area (Å²) < 4.78 is 0.977. The van der Waals surface area contributed by atoms with E-state index >= 15 is 0 Å². The maximum Gasteiger partial charge on any atom is 0.101 e. The van der Waals surface area contributed by atoms with Crippen molar-refractivity contribution < 1.29 is 0 Å². The van der Waals surface area contributed by atoms with Crippen LogP contribution in [0.3, 0.4) is 0 Å². The summed E-state index contributed by atoms with van der Waals surface area (Å²) in [5, 5.41) is 12.8. The second-order valence-electron chi connectivity index (χ2n) is 6.01. The summed E-state index contributed by atoms with van der Waals surface area (Å²) in [5.74, 6) is 0. The molecule has 1 N–H and O–H groups in total. The lowest BCUT2D eigenvalue weighted by molar-refractivity contribution is 0.155. The molecule has 20 heavy (non-hydrogen) atoms. The number of hydrogen-bond donors (Lipinski definition) is 1. The second kappa shape index (κ2) is 5.75. The molecule has 0 unspecified atom stereocenters. The van der Waals surface area contributed by atoms with Crippen LogP contribution in [0.2, 0.25) is 0 Å². The molecule has 3 rings (SSSR count). The molecule has 2 saturated heterocycles. The third-order valence-electron chi connectivity index (χ3n) is 4.91. The zero-order valence-corrected chi connectivity index (χ0v) is 13.2. The zero-order valence-electron chi connectivity index (χ0n) is 11.7. The lowest BCUT2D eigenvalue weighted by Crippen LogP contribution is -2.45. The van der Waals surface area contributed by atoms with E-state index in [1.54, 1.807) is 0 Å². The van der Waals surface area contributed by atoms with E-state index in [9.17, 15) is 5.26 Å². The van der Waals surface area contributed by atoms with E-state index in [-0.39, 0.29) is 0 Å². The second-order valence-corrected chi connectivity index (χ2v) is 6.93. The molecule has 1 spiro atoms. The molecule has 0 aromatic heterocycles. The van der Waals surface area contributed by atoms with Crippen molar-refractivity contribution in [2.24, 2.45) is 5.41 Å². The maximum absolute atomic E-state index is 9.31. The third-order valence-corrected chi connectivity index (χ3v) is 5.40. The monoisotopic (exact) mass is 333 g/mol. The molecule has 106 valence electrons. The normalized spacial score (nSPS) is 21.7. The van der Waals surface area contributed by atoms with E-state index in [1.165, 1.54) is 38.8 Å². The summed E-state index contributed by atoms with van der Waals surface area (Å²) in [6.07, 6.45) is 5.14. The van der Waals surface area contributed by atoms with Gasteiger partial charge in [-0.05, 0) is 62.4 Å². The number of piperidine rings is 2. The quantitative estimate of drug-likeness (QED) is 0.857. The molecule has 0 amide bonds. The molecule has 2 heterocycles. The van der Waals surface area contributed by atoms with E-state index in [0.717, 1.165) is 28.8 Å². The molecule has 0 bridgehead atoms. The van der Waals surface area contributed by atoms with Crippen molar-refractivity contribution in [3.63, 3.8) is 0 Å². The van der Waals surface area contributed by atoms with Gasteiger partial charge in [0.05, 0.1) is 11.3 Å². The Kier molecular flexibility index (Phi) is 4.00. The van der Waals surface area contributed by atoms with Gasteiger partial charge in [-0.15, -0.1) is 0 Å². The van der Waals surface area contributed by atoms with Crippen molar-refractivity contribution in [3.8, 4) is 6.07 Å². The Morgan fingerprint density at radius 1 is 1.15 bits per heavy atom. The van der Waals surface area contributed by atoms with Gasteiger partial charge < -0.3 is 10.2 Å². The lowest BCUT2D eigenvalue weighted by Gasteiger charge is -2.45. The molecular formula is C16H20BrN3. The fraction of sp³-hybridized carbons (Fsp3) is 0.562. The van der Waals surface area contributed by atoms with E-state index in [0.29, 0.717) is 5.41 Å². The van der Waals surface area contributed by atoms with Crippen molar-refractivity contribution in [1.29, 1.82) is 5.26 Å². The highest BCUT2D eigenvalue weighted by molar-refractivity contribution is 9.10. The molecule has 1 aromatic rings. The van der Waals surface area contributed by atoms with Gasteiger partial charge in [0.25, 0.3) is 0 Å². The molecule has 2 aliphatic rings. The summed E-state index contributed by atoms with van der Waals surface area (Å²) in [5.41, 5.74) is 2.43. The Morgan fingerprint density at radius 3 is 2.50 bits per heavy atom. The van der Waals surface area contributed by atoms with Crippen LogP contribution < -0.4 is 10.2 Å². The van der Waals surface area contributed by atoms with Crippen LogP contribution in [0.5, 0.6) is 0 Å². The van der Waals surface area contributed by atoms with Gasteiger partial charge in [-0.1, -0.05) is 15.9 Å². The van der Waals surface area contributed by atoms with Crippen LogP contribution in [0.15, 0.2) is 22.7 Å². The number of nitrogens with one attached hydrogen (secondary N) is 1. The molecule has 3 nitrogen and oxygen atoms in total. The molecule has 2 fully saturated rings. The van der Waals surface area contributed by atoms with Gasteiger partial charge in [0.15, 0.2) is 0 Å². The molecule has 2 aliphatic heterocycles. The standard InChI is InChI=1S/C16H20BrN3/c17-14-1-2-15(13(11-14)12-18)20-9-5-16(6-10-20)3-7-19-8-4-16/h1-2,11,19H,3-10H2. The summed E-state index contributed by atoms with van der Waals surface area (Å²) >= 11 is 3.44. The molecule has 4 heteroatoms. The highest BCUT2D eigenvalue weighted by Gasteiger charge is 2.35. The van der Waals surface area contributed by atoms with Crippen molar-refractivity contribution in [2.45, 2.75) is 25.7 Å². The number of hydrogen-bond acceptors (Lipinski definition) is 3. The van der Waals surface area contributed by atoms with Crippen molar-refractivity contribution in [3.05, 3.63) is 28.2 Å². The number of nitriles is 1. The first-order valence-electron chi connectivity index (χ1n) is 7.38. The van der Waals surface area contributed by atoms with Crippen LogP contribution >= 0.6 is 15.9 Å². The minimum Gasteiger partial charge on any atom is -0.370 e. The first-order valence-corrected chi connectivity index (χ1v) is 8.17. The number of rotatable bonds is 1. The van der Waals surface area contributed by atoms with Gasteiger partial charge >= 0.3 is 0 Å². The predicted octanol–water partition coefficient (Wildman–Crippen LogP) is 3.29. The van der Waals surface area contributed by atoms with Crippen LogP contribution in [0.1, 0.15) is 31.2 Å². The van der Waals surface area contributed by atoms with Gasteiger partial charge in [0.1, 0.15) is 6.07 Å². The summed E-state index contributed by atoms with van der Waals surface area (Å²) in [6, 6.07) is 8.35. The van der Waals surface area contributed by atoms with Crippen LogP contribution in [-0.2, 0) is 0 Å². The Bertz CT molecular complexity index is 519. The van der Waals surface area contributed by atoms with Crippen molar-refractivity contribution in [2.75, 3.05) is 31.1 Å². The summed E-state index contributed by atoms with van der Waals surface area (Å²) in [7, 11) is 0. The van der Waals surface area contributed by atoms with Gasteiger partial charge in [-0.25, -0.2) is 0 Å². The molecule has 0 saturated carbocycles. The largest absolute Gasteiger partial charge is 0.370 e. The Labute approximate surface area is 129 Å². The van der Waals surface area contributed by atoms with Gasteiger partial charge in [-0.2, -0.15) is 5.26 Å². The molecule has 0 aliphatic carbocycles. The van der Waals surface area contributed by atoms with Gasteiger partial charge in [-0.3, -0.25) is 0 Å². The van der Waals surface area contributed by atoms with E-state index < -0.39 is 0 Å². The lowest BCUT2D eigenvalue weighted by atomic mass is 9.71. The molecular weight excluding hydrogens is 314 g/mol. The summed E-state index contributed by atoms with van der Waals surface area (Å²) in [6.45, 7) is 4.50. The highest BCUT2D eigenvalue weighted by atomic mass is 79.9. The van der Waals surface area contributed by atoms with Gasteiger partial charge in [0.2, 0.25) is 0 Å². The number of nitrogens with zero attached hydrogens (tertiary/aromatic N) is 2. The first-order chi connectivity index (χ1) is 9.72. The molecule has 1 aromatic carbocycles. The summed E-state index contributed by atoms with van der Waals surface area (Å²) in [4.78, 5) is 2.39. The Morgan fingerprint density at radius 2 is 1.85 bits per heavy atom.